The van der Waals surface area contributed by atoms with Crippen LogP contribution in [0.1, 0.15) is 68.9 Å². The predicted molar refractivity (Wildman–Crippen MR) is 102 cm³/mol. The van der Waals surface area contributed by atoms with Gasteiger partial charge in [0.1, 0.15) is 0 Å². The molecule has 0 fully saturated rings. The molecule has 0 aliphatic heterocycles. The summed E-state index contributed by atoms with van der Waals surface area (Å²) < 4.78 is 0. The Labute approximate surface area is 140 Å². The van der Waals surface area contributed by atoms with E-state index in [2.05, 4.69) is 43.3 Å². The van der Waals surface area contributed by atoms with Gasteiger partial charge in [0, 0.05) is 17.3 Å². The van der Waals surface area contributed by atoms with E-state index in [9.17, 15) is 0 Å². The first-order valence-electron chi connectivity index (χ1n) is 8.92. The van der Waals surface area contributed by atoms with E-state index in [4.69, 9.17) is 11.5 Å². The fourth-order valence-electron chi connectivity index (χ4n) is 3.23. The molecule has 23 heavy (non-hydrogen) atoms. The highest BCUT2D eigenvalue weighted by Crippen LogP contribution is 2.34. The van der Waals surface area contributed by atoms with Gasteiger partial charge in [-0.25, -0.2) is 0 Å². The summed E-state index contributed by atoms with van der Waals surface area (Å²) in [5, 5.41) is 0. The predicted octanol–water partition coefficient (Wildman–Crippen LogP) is 5.73. The van der Waals surface area contributed by atoms with Crippen LogP contribution in [0.4, 0.5) is 11.4 Å². The summed E-state index contributed by atoms with van der Waals surface area (Å²) in [6.07, 6.45) is 9.04. The molecule has 0 bridgehead atoms. The lowest BCUT2D eigenvalue weighted by Gasteiger charge is -2.20. The number of rotatable bonds is 9. The third-order valence-electron chi connectivity index (χ3n) is 4.53. The van der Waals surface area contributed by atoms with Crippen LogP contribution in [0, 0.1) is 0 Å². The van der Waals surface area contributed by atoms with Crippen LogP contribution in [0.15, 0.2) is 48.5 Å². The first-order valence-corrected chi connectivity index (χ1v) is 8.92. The second-order valence-corrected chi connectivity index (χ2v) is 6.41. The molecule has 1 atom stereocenters. The number of anilines is 2. The molecule has 0 aromatic heterocycles. The highest BCUT2D eigenvalue weighted by Gasteiger charge is 2.16. The molecule has 0 radical (unpaired) electrons. The largest absolute Gasteiger partial charge is 0.399 e. The number of benzene rings is 2. The van der Waals surface area contributed by atoms with E-state index in [-0.39, 0.29) is 0 Å². The summed E-state index contributed by atoms with van der Waals surface area (Å²) in [6, 6.07) is 16.6. The summed E-state index contributed by atoms with van der Waals surface area (Å²) in [6.45, 7) is 2.26. The van der Waals surface area contributed by atoms with Gasteiger partial charge in [0.2, 0.25) is 0 Å². The number of hydrogen-bond acceptors (Lipinski definition) is 2. The summed E-state index contributed by atoms with van der Waals surface area (Å²) in [7, 11) is 0. The minimum Gasteiger partial charge on any atom is -0.399 e. The quantitative estimate of drug-likeness (QED) is 0.459. The van der Waals surface area contributed by atoms with Crippen LogP contribution >= 0.6 is 0 Å². The van der Waals surface area contributed by atoms with Crippen molar-refractivity contribution in [3.05, 3.63) is 59.7 Å². The lowest BCUT2D eigenvalue weighted by atomic mass is 9.85. The van der Waals surface area contributed by atoms with Crippen molar-refractivity contribution in [2.24, 2.45) is 0 Å². The van der Waals surface area contributed by atoms with Gasteiger partial charge in [-0.2, -0.15) is 0 Å². The normalized spacial score (nSPS) is 12.2. The van der Waals surface area contributed by atoms with Gasteiger partial charge in [0.25, 0.3) is 0 Å². The Bertz CT molecular complexity index is 578. The van der Waals surface area contributed by atoms with Crippen LogP contribution in [-0.2, 0) is 0 Å². The van der Waals surface area contributed by atoms with Crippen molar-refractivity contribution in [3.8, 4) is 0 Å². The summed E-state index contributed by atoms with van der Waals surface area (Å²) in [4.78, 5) is 0. The Balaban J connectivity index is 2.07. The fourth-order valence-corrected chi connectivity index (χ4v) is 3.23. The van der Waals surface area contributed by atoms with Gasteiger partial charge in [0.05, 0.1) is 0 Å². The molecule has 2 rings (SSSR count). The van der Waals surface area contributed by atoms with Gasteiger partial charge in [-0.1, -0.05) is 81.8 Å². The zero-order chi connectivity index (χ0) is 16.5. The average Bonchev–Trinajstić information content (AvgIpc) is 2.56. The number of hydrogen-bond donors (Lipinski definition) is 2. The minimum absolute atomic E-state index is 0.364. The molecular weight excluding hydrogens is 280 g/mol. The molecule has 0 heterocycles. The van der Waals surface area contributed by atoms with E-state index in [1.807, 2.05) is 12.1 Å². The van der Waals surface area contributed by atoms with Crippen molar-refractivity contribution < 1.29 is 0 Å². The van der Waals surface area contributed by atoms with E-state index in [1.165, 1.54) is 49.7 Å². The zero-order valence-electron chi connectivity index (χ0n) is 14.3. The summed E-state index contributed by atoms with van der Waals surface area (Å²) >= 11 is 0. The Morgan fingerprint density at radius 1 is 0.826 bits per heavy atom. The maximum atomic E-state index is 6.25. The molecule has 0 saturated carbocycles. The molecule has 0 spiro atoms. The van der Waals surface area contributed by atoms with E-state index in [0.29, 0.717) is 5.92 Å². The zero-order valence-corrected chi connectivity index (χ0v) is 14.3. The molecule has 2 nitrogen and oxygen atoms in total. The molecule has 0 amide bonds. The van der Waals surface area contributed by atoms with Crippen molar-refractivity contribution in [1.29, 1.82) is 0 Å². The molecular formula is C21H30N2. The van der Waals surface area contributed by atoms with Gasteiger partial charge < -0.3 is 11.5 Å². The molecule has 124 valence electrons. The van der Waals surface area contributed by atoms with E-state index < -0.39 is 0 Å². The molecule has 0 aliphatic rings. The number of unbranched alkanes of at least 4 members (excludes halogenated alkanes) is 5. The van der Waals surface area contributed by atoms with Crippen molar-refractivity contribution >= 4 is 11.4 Å². The Morgan fingerprint density at radius 2 is 1.52 bits per heavy atom. The Hall–Kier alpha value is -1.96. The summed E-state index contributed by atoms with van der Waals surface area (Å²) in [5.74, 6) is 0.364. The molecule has 2 aromatic rings. The standard InChI is InChI=1S/C21H30N2/c1-2-3-4-5-6-10-13-19(17-11-8-7-9-12-17)20-15-14-18(22)16-21(20)23/h7-9,11-12,14-16,19H,2-6,10,13,22-23H2,1H3. The van der Waals surface area contributed by atoms with Crippen molar-refractivity contribution in [2.75, 3.05) is 11.5 Å². The van der Waals surface area contributed by atoms with Crippen LogP contribution < -0.4 is 11.5 Å². The number of nitrogen functional groups attached to an aromatic ring is 2. The van der Waals surface area contributed by atoms with Crippen molar-refractivity contribution in [1.82, 2.24) is 0 Å². The lowest BCUT2D eigenvalue weighted by molar-refractivity contribution is 0.568. The fraction of sp³-hybridized carbons (Fsp3) is 0.429. The molecule has 4 N–H and O–H groups in total. The maximum Gasteiger partial charge on any atom is 0.0373 e. The van der Waals surface area contributed by atoms with E-state index >= 15 is 0 Å². The van der Waals surface area contributed by atoms with E-state index in [1.54, 1.807) is 0 Å². The second-order valence-electron chi connectivity index (χ2n) is 6.41. The van der Waals surface area contributed by atoms with Crippen LogP contribution in [-0.4, -0.2) is 0 Å². The third-order valence-corrected chi connectivity index (χ3v) is 4.53. The second kappa shape index (κ2) is 9.24. The Morgan fingerprint density at radius 3 is 2.22 bits per heavy atom. The molecule has 2 aromatic carbocycles. The van der Waals surface area contributed by atoms with Gasteiger partial charge >= 0.3 is 0 Å². The molecule has 2 heteroatoms. The monoisotopic (exact) mass is 310 g/mol. The van der Waals surface area contributed by atoms with Gasteiger partial charge in [-0.15, -0.1) is 0 Å². The smallest absolute Gasteiger partial charge is 0.0373 e. The lowest BCUT2D eigenvalue weighted by Crippen LogP contribution is -2.06. The average molecular weight is 310 g/mol. The maximum absolute atomic E-state index is 6.25. The SMILES string of the molecule is CCCCCCCCC(c1ccccc1)c1ccc(N)cc1N. The topological polar surface area (TPSA) is 52.0 Å². The van der Waals surface area contributed by atoms with Gasteiger partial charge in [-0.3, -0.25) is 0 Å². The van der Waals surface area contributed by atoms with Crippen molar-refractivity contribution in [2.45, 2.75) is 57.8 Å². The third kappa shape index (κ3) is 5.31. The van der Waals surface area contributed by atoms with Crippen LogP contribution in [0.2, 0.25) is 0 Å². The van der Waals surface area contributed by atoms with E-state index in [0.717, 1.165) is 17.8 Å². The van der Waals surface area contributed by atoms with Gasteiger partial charge in [-0.05, 0) is 29.7 Å². The van der Waals surface area contributed by atoms with Crippen molar-refractivity contribution in [3.63, 3.8) is 0 Å². The van der Waals surface area contributed by atoms with Crippen LogP contribution in [0.5, 0.6) is 0 Å². The highest BCUT2D eigenvalue weighted by atomic mass is 14.6. The highest BCUT2D eigenvalue weighted by molar-refractivity contribution is 5.59. The minimum atomic E-state index is 0.364. The van der Waals surface area contributed by atoms with Gasteiger partial charge in [0.15, 0.2) is 0 Å². The molecule has 0 aliphatic carbocycles. The molecule has 1 unspecified atom stereocenters. The number of nitrogens with two attached hydrogens (primary N) is 2. The van der Waals surface area contributed by atoms with Crippen LogP contribution in [0.25, 0.3) is 0 Å². The molecule has 0 saturated heterocycles. The first-order chi connectivity index (χ1) is 11.2. The first kappa shape index (κ1) is 17.4. The Kier molecular flexibility index (Phi) is 6.99. The summed E-state index contributed by atoms with van der Waals surface area (Å²) in [5.41, 5.74) is 16.2. The van der Waals surface area contributed by atoms with Crippen LogP contribution in [0.3, 0.4) is 0 Å².